The van der Waals surface area contributed by atoms with Gasteiger partial charge in [-0.1, -0.05) is 5.16 Å². The number of hydrogen-bond donors (Lipinski definition) is 2. The van der Waals surface area contributed by atoms with E-state index >= 15 is 0 Å². The van der Waals surface area contributed by atoms with Crippen molar-refractivity contribution in [2.45, 2.75) is 6.92 Å². The molecule has 2 aromatic rings. The molecule has 1 amide bonds. The zero-order chi connectivity index (χ0) is 13.1. The zero-order valence-electron chi connectivity index (χ0n) is 9.61. The van der Waals surface area contributed by atoms with Crippen molar-refractivity contribution in [2.24, 2.45) is 0 Å². The Bertz CT molecular complexity index is 582. The number of nitrogens with two attached hydrogens (primary N) is 1. The molecule has 0 unspecified atom stereocenters. The van der Waals surface area contributed by atoms with Crippen molar-refractivity contribution in [1.29, 1.82) is 0 Å². The maximum absolute atomic E-state index is 13.1. The number of aromatic nitrogens is 2. The summed E-state index contributed by atoms with van der Waals surface area (Å²) in [6, 6.07) is 3.78. The van der Waals surface area contributed by atoms with E-state index in [4.69, 9.17) is 10.3 Å². The van der Waals surface area contributed by atoms with Crippen LogP contribution in [0.4, 0.5) is 10.1 Å². The smallest absolute Gasteiger partial charge is 0.292 e. The van der Waals surface area contributed by atoms with E-state index in [1.807, 2.05) is 0 Å². The lowest BCUT2D eigenvalue weighted by molar-refractivity contribution is 0.0942. The van der Waals surface area contributed by atoms with E-state index in [1.165, 1.54) is 18.2 Å². The molecule has 1 heterocycles. The van der Waals surface area contributed by atoms with Crippen LogP contribution < -0.4 is 11.1 Å². The maximum atomic E-state index is 13.1. The fourth-order valence-electron chi connectivity index (χ4n) is 1.38. The summed E-state index contributed by atoms with van der Waals surface area (Å²) in [5.41, 5.74) is 6.23. The lowest BCUT2D eigenvalue weighted by Gasteiger charge is -1.99. The summed E-state index contributed by atoms with van der Waals surface area (Å²) in [7, 11) is 0. The Kier molecular flexibility index (Phi) is 3.22. The van der Waals surface area contributed by atoms with Crippen LogP contribution in [0.3, 0.4) is 0 Å². The summed E-state index contributed by atoms with van der Waals surface area (Å²) in [4.78, 5) is 15.3. The van der Waals surface area contributed by atoms with Crippen LogP contribution in [0.25, 0.3) is 11.5 Å². The van der Waals surface area contributed by atoms with Crippen molar-refractivity contribution in [2.75, 3.05) is 12.3 Å². The minimum Gasteiger partial charge on any atom is -0.398 e. The molecule has 3 N–H and O–H groups in total. The topological polar surface area (TPSA) is 94.0 Å². The number of rotatable bonds is 3. The number of nitrogen functional groups attached to an aromatic ring is 1. The Hall–Kier alpha value is -2.44. The molecule has 6 nitrogen and oxygen atoms in total. The summed E-state index contributed by atoms with van der Waals surface area (Å²) in [5, 5.41) is 6.03. The number of carbonyl (C=O) groups is 1. The van der Waals surface area contributed by atoms with E-state index in [2.05, 4.69) is 15.5 Å². The van der Waals surface area contributed by atoms with Crippen molar-refractivity contribution >= 4 is 11.6 Å². The number of amides is 1. The van der Waals surface area contributed by atoms with Gasteiger partial charge in [-0.05, 0) is 25.1 Å². The molecule has 94 valence electrons. The Morgan fingerprint density at radius 3 is 3.06 bits per heavy atom. The average molecular weight is 250 g/mol. The third-order valence-electron chi connectivity index (χ3n) is 2.21. The summed E-state index contributed by atoms with van der Waals surface area (Å²) >= 11 is 0. The van der Waals surface area contributed by atoms with Gasteiger partial charge in [0.05, 0.1) is 5.56 Å². The molecule has 0 aliphatic rings. The summed E-state index contributed by atoms with van der Waals surface area (Å²) < 4.78 is 18.0. The van der Waals surface area contributed by atoms with E-state index < -0.39 is 11.7 Å². The van der Waals surface area contributed by atoms with Gasteiger partial charge < -0.3 is 15.6 Å². The lowest BCUT2D eigenvalue weighted by atomic mass is 10.2. The van der Waals surface area contributed by atoms with Gasteiger partial charge in [-0.15, -0.1) is 0 Å². The maximum Gasteiger partial charge on any atom is 0.292 e. The SMILES string of the molecule is CCNC(=O)c1noc(-c2cc(F)ccc2N)n1. The molecule has 0 saturated heterocycles. The Balaban J connectivity index is 2.35. The molecule has 0 spiro atoms. The highest BCUT2D eigenvalue weighted by Crippen LogP contribution is 2.24. The Morgan fingerprint density at radius 2 is 2.33 bits per heavy atom. The third kappa shape index (κ3) is 2.29. The standard InChI is InChI=1S/C11H11FN4O2/c1-2-14-10(17)9-15-11(18-16-9)7-5-6(12)3-4-8(7)13/h3-5H,2,13H2,1H3,(H,14,17). The van der Waals surface area contributed by atoms with Crippen molar-refractivity contribution in [3.8, 4) is 11.5 Å². The van der Waals surface area contributed by atoms with Crippen molar-refractivity contribution in [1.82, 2.24) is 15.5 Å². The highest BCUT2D eigenvalue weighted by Gasteiger charge is 2.16. The molecular formula is C11H11FN4O2. The second-order valence-corrected chi connectivity index (χ2v) is 3.51. The molecule has 0 saturated carbocycles. The van der Waals surface area contributed by atoms with Crippen LogP contribution in [0, 0.1) is 5.82 Å². The second-order valence-electron chi connectivity index (χ2n) is 3.51. The molecule has 18 heavy (non-hydrogen) atoms. The monoisotopic (exact) mass is 250 g/mol. The molecule has 1 aromatic carbocycles. The fourth-order valence-corrected chi connectivity index (χ4v) is 1.38. The predicted octanol–water partition coefficient (Wildman–Crippen LogP) is 1.21. The van der Waals surface area contributed by atoms with E-state index in [9.17, 15) is 9.18 Å². The summed E-state index contributed by atoms with van der Waals surface area (Å²) in [6.45, 7) is 2.22. The van der Waals surface area contributed by atoms with Crippen LogP contribution in [0.1, 0.15) is 17.5 Å². The van der Waals surface area contributed by atoms with Crippen LogP contribution in [-0.4, -0.2) is 22.6 Å². The normalized spacial score (nSPS) is 10.3. The number of halogens is 1. The quantitative estimate of drug-likeness (QED) is 0.798. The van der Waals surface area contributed by atoms with E-state index in [0.717, 1.165) is 0 Å². The molecule has 0 atom stereocenters. The van der Waals surface area contributed by atoms with Gasteiger partial charge in [0.25, 0.3) is 17.6 Å². The number of carbonyl (C=O) groups excluding carboxylic acids is 1. The molecule has 2 rings (SSSR count). The lowest BCUT2D eigenvalue weighted by Crippen LogP contribution is -2.23. The van der Waals surface area contributed by atoms with Crippen LogP contribution in [0.15, 0.2) is 22.7 Å². The molecule has 0 fully saturated rings. The van der Waals surface area contributed by atoms with Gasteiger partial charge in [-0.25, -0.2) is 4.39 Å². The highest BCUT2D eigenvalue weighted by molar-refractivity contribution is 5.90. The first kappa shape index (κ1) is 12.0. The number of benzene rings is 1. The van der Waals surface area contributed by atoms with E-state index in [0.29, 0.717) is 12.2 Å². The number of hydrogen-bond acceptors (Lipinski definition) is 5. The van der Waals surface area contributed by atoms with Crippen LogP contribution in [-0.2, 0) is 0 Å². The molecule has 0 aliphatic heterocycles. The van der Waals surface area contributed by atoms with Gasteiger partial charge in [-0.2, -0.15) is 4.98 Å². The van der Waals surface area contributed by atoms with E-state index in [1.54, 1.807) is 6.92 Å². The Labute approximate surface area is 102 Å². The first-order chi connectivity index (χ1) is 8.61. The van der Waals surface area contributed by atoms with Gasteiger partial charge in [0.1, 0.15) is 5.82 Å². The fraction of sp³-hybridized carbons (Fsp3) is 0.182. The van der Waals surface area contributed by atoms with Gasteiger partial charge in [0.2, 0.25) is 0 Å². The molecule has 1 aromatic heterocycles. The largest absolute Gasteiger partial charge is 0.398 e. The molecule has 0 radical (unpaired) electrons. The van der Waals surface area contributed by atoms with Crippen LogP contribution in [0.5, 0.6) is 0 Å². The number of nitrogens with one attached hydrogen (secondary N) is 1. The Morgan fingerprint density at radius 1 is 1.56 bits per heavy atom. The number of nitrogens with zero attached hydrogens (tertiary/aromatic N) is 2. The third-order valence-corrected chi connectivity index (χ3v) is 2.21. The van der Waals surface area contributed by atoms with Crippen LogP contribution >= 0.6 is 0 Å². The average Bonchev–Trinajstić information content (AvgIpc) is 2.82. The van der Waals surface area contributed by atoms with Gasteiger partial charge in [0.15, 0.2) is 0 Å². The zero-order valence-corrected chi connectivity index (χ0v) is 9.61. The van der Waals surface area contributed by atoms with Crippen LogP contribution in [0.2, 0.25) is 0 Å². The molecule has 0 aliphatic carbocycles. The molecular weight excluding hydrogens is 239 g/mol. The number of anilines is 1. The van der Waals surface area contributed by atoms with Gasteiger partial charge in [0, 0.05) is 12.2 Å². The molecule has 7 heteroatoms. The van der Waals surface area contributed by atoms with Gasteiger partial charge in [-0.3, -0.25) is 4.79 Å². The highest BCUT2D eigenvalue weighted by atomic mass is 19.1. The van der Waals surface area contributed by atoms with E-state index in [-0.39, 0.29) is 17.3 Å². The minimum absolute atomic E-state index is 0.00764. The summed E-state index contributed by atoms with van der Waals surface area (Å²) in [5.74, 6) is -1.04. The van der Waals surface area contributed by atoms with Crippen molar-refractivity contribution < 1.29 is 13.7 Å². The second kappa shape index (κ2) is 4.82. The first-order valence-electron chi connectivity index (χ1n) is 5.29. The minimum atomic E-state index is -0.475. The first-order valence-corrected chi connectivity index (χ1v) is 5.29. The predicted molar refractivity (Wildman–Crippen MR) is 62.1 cm³/mol. The molecule has 0 bridgehead atoms. The van der Waals surface area contributed by atoms with Gasteiger partial charge >= 0.3 is 0 Å². The van der Waals surface area contributed by atoms with Crippen molar-refractivity contribution in [3.63, 3.8) is 0 Å². The van der Waals surface area contributed by atoms with Crippen molar-refractivity contribution in [3.05, 3.63) is 29.8 Å². The summed E-state index contributed by atoms with van der Waals surface area (Å²) in [6.07, 6.45) is 0.